The molecule has 3 rings (SSSR count). The highest BCUT2D eigenvalue weighted by Crippen LogP contribution is 2.35. The zero-order chi connectivity index (χ0) is 18.1. The zero-order valence-corrected chi connectivity index (χ0v) is 14.6. The van der Waals surface area contributed by atoms with Crippen molar-refractivity contribution in [1.29, 1.82) is 0 Å². The van der Waals surface area contributed by atoms with E-state index >= 15 is 0 Å². The summed E-state index contributed by atoms with van der Waals surface area (Å²) in [6.45, 7) is 3.98. The monoisotopic (exact) mass is 336 g/mol. The number of para-hydroxylation sites is 1. The van der Waals surface area contributed by atoms with Crippen LogP contribution in [0.15, 0.2) is 36.4 Å². The number of hydrogen-bond acceptors (Lipinski definition) is 3. The van der Waals surface area contributed by atoms with Gasteiger partial charge in [-0.05, 0) is 36.1 Å². The lowest BCUT2D eigenvalue weighted by atomic mass is 10.0. The molecule has 25 heavy (non-hydrogen) atoms. The van der Waals surface area contributed by atoms with Crippen LogP contribution < -0.4 is 10.2 Å². The van der Waals surface area contributed by atoms with E-state index in [1.54, 1.807) is 18.2 Å². The lowest BCUT2D eigenvalue weighted by Crippen LogP contribution is -2.32. The van der Waals surface area contributed by atoms with Gasteiger partial charge >= 0.3 is 0 Å². The Hall–Kier alpha value is -2.95. The van der Waals surface area contributed by atoms with Crippen LogP contribution in [-0.2, 0) is 12.8 Å². The second-order valence-corrected chi connectivity index (χ2v) is 5.88. The maximum atomic E-state index is 13.1. The molecular formula is C20H20N2O3. The molecule has 0 unspecified atom stereocenters. The molecule has 3 amide bonds. The highest BCUT2D eigenvalue weighted by Gasteiger charge is 2.40. The van der Waals surface area contributed by atoms with Gasteiger partial charge in [0, 0.05) is 7.05 Å². The van der Waals surface area contributed by atoms with Crippen molar-refractivity contribution < 1.29 is 14.4 Å². The fourth-order valence-electron chi connectivity index (χ4n) is 3.31. The van der Waals surface area contributed by atoms with Crippen LogP contribution >= 0.6 is 0 Å². The van der Waals surface area contributed by atoms with Gasteiger partial charge in [-0.3, -0.25) is 14.4 Å². The number of amides is 3. The third kappa shape index (κ3) is 2.52. The molecule has 5 nitrogen and oxygen atoms in total. The van der Waals surface area contributed by atoms with Gasteiger partial charge in [-0.2, -0.15) is 0 Å². The molecule has 1 aliphatic heterocycles. The quantitative estimate of drug-likeness (QED) is 0.873. The molecule has 1 N–H and O–H groups in total. The molecule has 0 fully saturated rings. The van der Waals surface area contributed by atoms with Crippen LogP contribution in [0, 0.1) is 0 Å². The van der Waals surface area contributed by atoms with Crippen molar-refractivity contribution >= 4 is 23.4 Å². The average molecular weight is 336 g/mol. The van der Waals surface area contributed by atoms with Gasteiger partial charge in [0.15, 0.2) is 0 Å². The van der Waals surface area contributed by atoms with Gasteiger partial charge in [-0.25, -0.2) is 4.90 Å². The first-order valence-electron chi connectivity index (χ1n) is 8.39. The SMILES string of the molecule is CCc1cccc(CC)c1N1C(=O)c2cccc(C(=O)NC)c2C1=O. The summed E-state index contributed by atoms with van der Waals surface area (Å²) in [5.41, 5.74) is 3.22. The van der Waals surface area contributed by atoms with E-state index < -0.39 is 5.91 Å². The number of nitrogens with zero attached hydrogens (tertiary/aromatic N) is 1. The molecule has 1 aliphatic rings. The van der Waals surface area contributed by atoms with E-state index in [2.05, 4.69) is 5.32 Å². The minimum absolute atomic E-state index is 0.180. The Bertz CT molecular complexity index is 864. The molecule has 1 heterocycles. The van der Waals surface area contributed by atoms with E-state index in [0.29, 0.717) is 18.5 Å². The van der Waals surface area contributed by atoms with Gasteiger partial charge in [-0.15, -0.1) is 0 Å². The number of benzene rings is 2. The predicted octanol–water partition coefficient (Wildman–Crippen LogP) is 2.97. The Labute approximate surface area is 146 Å². The van der Waals surface area contributed by atoms with Crippen LogP contribution in [0.1, 0.15) is 56.0 Å². The summed E-state index contributed by atoms with van der Waals surface area (Å²) >= 11 is 0. The molecule has 0 aromatic heterocycles. The maximum absolute atomic E-state index is 13.1. The normalized spacial score (nSPS) is 13.2. The van der Waals surface area contributed by atoms with Gasteiger partial charge in [0.05, 0.1) is 22.4 Å². The summed E-state index contributed by atoms with van der Waals surface area (Å²) in [6, 6.07) is 10.6. The molecule has 2 aromatic carbocycles. The molecule has 0 bridgehead atoms. The van der Waals surface area contributed by atoms with Crippen LogP contribution in [0.2, 0.25) is 0 Å². The van der Waals surface area contributed by atoms with Crippen LogP contribution in [0.25, 0.3) is 0 Å². The van der Waals surface area contributed by atoms with E-state index in [0.717, 1.165) is 11.1 Å². The third-order valence-corrected chi connectivity index (χ3v) is 4.58. The van der Waals surface area contributed by atoms with Crippen LogP contribution in [0.3, 0.4) is 0 Å². The molecule has 5 heteroatoms. The van der Waals surface area contributed by atoms with E-state index in [4.69, 9.17) is 0 Å². The number of nitrogens with one attached hydrogen (secondary N) is 1. The van der Waals surface area contributed by atoms with E-state index in [1.165, 1.54) is 11.9 Å². The summed E-state index contributed by atoms with van der Waals surface area (Å²) in [4.78, 5) is 39.4. The number of aryl methyl sites for hydroxylation is 2. The number of rotatable bonds is 4. The third-order valence-electron chi connectivity index (χ3n) is 4.58. The van der Waals surface area contributed by atoms with E-state index in [1.807, 2.05) is 32.0 Å². The number of carbonyl (C=O) groups is 3. The highest BCUT2D eigenvalue weighted by molar-refractivity contribution is 6.36. The Morgan fingerprint density at radius 3 is 2.12 bits per heavy atom. The number of hydrogen-bond donors (Lipinski definition) is 1. The van der Waals surface area contributed by atoms with Crippen molar-refractivity contribution in [1.82, 2.24) is 5.32 Å². The predicted molar refractivity (Wildman–Crippen MR) is 96.2 cm³/mol. The number of imide groups is 1. The number of carbonyl (C=O) groups excluding carboxylic acids is 3. The van der Waals surface area contributed by atoms with Crippen molar-refractivity contribution in [2.75, 3.05) is 11.9 Å². The van der Waals surface area contributed by atoms with E-state index in [9.17, 15) is 14.4 Å². The Balaban J connectivity index is 2.22. The summed E-state index contributed by atoms with van der Waals surface area (Å²) < 4.78 is 0. The first-order chi connectivity index (χ1) is 12.0. The van der Waals surface area contributed by atoms with Crippen molar-refractivity contribution in [3.05, 3.63) is 64.2 Å². The number of fused-ring (bicyclic) bond motifs is 1. The van der Waals surface area contributed by atoms with Gasteiger partial charge < -0.3 is 5.32 Å². The molecule has 0 spiro atoms. The molecule has 2 aromatic rings. The van der Waals surface area contributed by atoms with Crippen molar-refractivity contribution in [3.8, 4) is 0 Å². The lowest BCUT2D eigenvalue weighted by Gasteiger charge is -2.21. The van der Waals surface area contributed by atoms with Gasteiger partial charge in [0.2, 0.25) is 0 Å². The van der Waals surface area contributed by atoms with Crippen molar-refractivity contribution in [3.63, 3.8) is 0 Å². The fourth-order valence-corrected chi connectivity index (χ4v) is 3.31. The molecular weight excluding hydrogens is 316 g/mol. The molecule has 0 saturated heterocycles. The fraction of sp³-hybridized carbons (Fsp3) is 0.250. The van der Waals surface area contributed by atoms with Crippen molar-refractivity contribution in [2.45, 2.75) is 26.7 Å². The second kappa shape index (κ2) is 6.51. The van der Waals surface area contributed by atoms with Gasteiger partial charge in [0.25, 0.3) is 17.7 Å². The van der Waals surface area contributed by atoms with E-state index in [-0.39, 0.29) is 28.5 Å². The molecule has 0 saturated carbocycles. The van der Waals surface area contributed by atoms with Crippen LogP contribution in [0.4, 0.5) is 5.69 Å². The minimum Gasteiger partial charge on any atom is -0.355 e. The summed E-state index contributed by atoms with van der Waals surface area (Å²) in [5, 5.41) is 2.53. The molecule has 0 atom stereocenters. The summed E-state index contributed by atoms with van der Waals surface area (Å²) in [5.74, 6) is -1.18. The maximum Gasteiger partial charge on any atom is 0.266 e. The Kier molecular flexibility index (Phi) is 4.40. The van der Waals surface area contributed by atoms with Crippen LogP contribution in [0.5, 0.6) is 0 Å². The zero-order valence-electron chi connectivity index (χ0n) is 14.6. The standard InChI is InChI=1S/C20H20N2O3/c1-4-12-8-6-9-13(5-2)17(12)22-19(24)15-11-7-10-14(18(23)21-3)16(15)20(22)25/h6-11H,4-5H2,1-3H3,(H,21,23). The molecule has 0 radical (unpaired) electrons. The highest BCUT2D eigenvalue weighted by atomic mass is 16.2. The molecule has 128 valence electrons. The van der Waals surface area contributed by atoms with Gasteiger partial charge in [-0.1, -0.05) is 38.1 Å². The van der Waals surface area contributed by atoms with Crippen molar-refractivity contribution in [2.24, 2.45) is 0 Å². The Morgan fingerprint density at radius 2 is 1.56 bits per heavy atom. The Morgan fingerprint density at radius 1 is 0.960 bits per heavy atom. The smallest absolute Gasteiger partial charge is 0.266 e. The average Bonchev–Trinajstić information content (AvgIpc) is 2.91. The first kappa shape index (κ1) is 16.9. The largest absolute Gasteiger partial charge is 0.355 e. The van der Waals surface area contributed by atoms with Gasteiger partial charge in [0.1, 0.15) is 0 Å². The topological polar surface area (TPSA) is 66.5 Å². The first-order valence-corrected chi connectivity index (χ1v) is 8.39. The second-order valence-electron chi connectivity index (χ2n) is 5.88. The molecule has 0 aliphatic carbocycles. The van der Waals surface area contributed by atoms with Crippen LogP contribution in [-0.4, -0.2) is 24.8 Å². The lowest BCUT2D eigenvalue weighted by molar-refractivity contribution is 0.0912. The summed E-state index contributed by atoms with van der Waals surface area (Å²) in [6.07, 6.45) is 1.41. The summed E-state index contributed by atoms with van der Waals surface area (Å²) in [7, 11) is 1.50. The number of anilines is 1. The minimum atomic E-state index is -0.435.